The van der Waals surface area contributed by atoms with Crippen molar-refractivity contribution in [3.63, 3.8) is 0 Å². The Labute approximate surface area is 77.5 Å². The van der Waals surface area contributed by atoms with Crippen LogP contribution in [-0.4, -0.2) is 0 Å². The summed E-state index contributed by atoms with van der Waals surface area (Å²) in [7, 11) is 0. The van der Waals surface area contributed by atoms with E-state index < -0.39 is 0 Å². The monoisotopic (exact) mass is 166 g/mol. The van der Waals surface area contributed by atoms with Gasteiger partial charge in [-0.05, 0) is 34.4 Å². The first kappa shape index (κ1) is 6.90. The lowest BCUT2D eigenvalue weighted by molar-refractivity contribution is 1.52. The normalized spacial score (nSPS) is 12.7. The first-order chi connectivity index (χ1) is 6.36. The second kappa shape index (κ2) is 2.23. The van der Waals surface area contributed by atoms with Crippen molar-refractivity contribution < 1.29 is 0 Å². The van der Waals surface area contributed by atoms with E-state index in [0.29, 0.717) is 0 Å². The van der Waals surface area contributed by atoms with Crippen LogP contribution in [0.25, 0.3) is 22.9 Å². The summed E-state index contributed by atoms with van der Waals surface area (Å²) in [5.74, 6) is 0. The Morgan fingerprint density at radius 2 is 1.62 bits per heavy atom. The zero-order valence-electron chi connectivity index (χ0n) is 7.54. The van der Waals surface area contributed by atoms with E-state index >= 15 is 0 Å². The molecule has 1 aliphatic carbocycles. The van der Waals surface area contributed by atoms with Crippen molar-refractivity contribution in [1.29, 1.82) is 0 Å². The largest absolute Gasteiger partial charge is 0.0610 e. The van der Waals surface area contributed by atoms with Crippen LogP contribution in [-0.2, 0) is 0 Å². The highest BCUT2D eigenvalue weighted by atomic mass is 14.1. The van der Waals surface area contributed by atoms with E-state index in [9.17, 15) is 0 Å². The quantitative estimate of drug-likeness (QED) is 0.478. The van der Waals surface area contributed by atoms with Crippen LogP contribution in [0, 0.1) is 6.92 Å². The third-order valence-corrected chi connectivity index (χ3v) is 2.77. The van der Waals surface area contributed by atoms with Crippen LogP contribution >= 0.6 is 0 Å². The molecule has 0 fully saturated rings. The summed E-state index contributed by atoms with van der Waals surface area (Å²) in [6, 6.07) is 10.9. The molecule has 3 rings (SSSR count). The number of rotatable bonds is 0. The minimum absolute atomic E-state index is 1.36. The van der Waals surface area contributed by atoms with E-state index in [-0.39, 0.29) is 0 Å². The van der Waals surface area contributed by atoms with Crippen LogP contribution in [0.5, 0.6) is 0 Å². The van der Waals surface area contributed by atoms with Gasteiger partial charge in [0.1, 0.15) is 0 Å². The lowest BCUT2D eigenvalue weighted by Crippen LogP contribution is -1.81. The Balaban J connectivity index is 2.63. The second-order valence-corrected chi connectivity index (χ2v) is 3.57. The molecule has 0 amide bonds. The summed E-state index contributed by atoms with van der Waals surface area (Å²) >= 11 is 0. The molecule has 0 saturated heterocycles. The third-order valence-electron chi connectivity index (χ3n) is 2.77. The number of benzene rings is 2. The van der Waals surface area contributed by atoms with Gasteiger partial charge in [-0.15, -0.1) is 0 Å². The maximum Gasteiger partial charge on any atom is -0.00362 e. The van der Waals surface area contributed by atoms with Crippen LogP contribution in [0.4, 0.5) is 0 Å². The van der Waals surface area contributed by atoms with E-state index in [0.717, 1.165) is 0 Å². The van der Waals surface area contributed by atoms with Crippen LogP contribution < -0.4 is 0 Å². The highest BCUT2D eigenvalue weighted by Gasteiger charge is 2.08. The Morgan fingerprint density at radius 3 is 2.46 bits per heavy atom. The summed E-state index contributed by atoms with van der Waals surface area (Å²) in [5.41, 5.74) is 4.08. The molecule has 2 aromatic rings. The molecule has 0 N–H and O–H groups in total. The molecule has 2 aromatic carbocycles. The topological polar surface area (TPSA) is 0 Å². The highest BCUT2D eigenvalue weighted by Crippen LogP contribution is 2.32. The summed E-state index contributed by atoms with van der Waals surface area (Å²) < 4.78 is 0. The average molecular weight is 166 g/mol. The predicted molar refractivity (Wildman–Crippen MR) is 57.6 cm³/mol. The SMILES string of the molecule is Cc1ccc2c3c(cccc13)C=C2. The molecule has 0 unspecified atom stereocenters. The Hall–Kier alpha value is -1.56. The fourth-order valence-corrected chi connectivity index (χ4v) is 2.07. The molecule has 0 saturated carbocycles. The highest BCUT2D eigenvalue weighted by molar-refractivity contribution is 6.05. The van der Waals surface area contributed by atoms with Crippen molar-refractivity contribution in [2.75, 3.05) is 0 Å². The number of hydrogen-bond acceptors (Lipinski definition) is 0. The van der Waals surface area contributed by atoms with Gasteiger partial charge in [0.05, 0.1) is 0 Å². The van der Waals surface area contributed by atoms with E-state index in [1.54, 1.807) is 0 Å². The van der Waals surface area contributed by atoms with Gasteiger partial charge in [-0.2, -0.15) is 0 Å². The lowest BCUT2D eigenvalue weighted by atomic mass is 10.0. The van der Waals surface area contributed by atoms with E-state index in [1.807, 2.05) is 0 Å². The Bertz CT molecular complexity index is 507. The summed E-state index contributed by atoms with van der Waals surface area (Å²) in [5, 5.41) is 2.81. The molecular weight excluding hydrogens is 156 g/mol. The van der Waals surface area contributed by atoms with Crippen LogP contribution in [0.2, 0.25) is 0 Å². The van der Waals surface area contributed by atoms with Crippen molar-refractivity contribution >= 4 is 22.9 Å². The van der Waals surface area contributed by atoms with Gasteiger partial charge in [0.25, 0.3) is 0 Å². The summed E-state index contributed by atoms with van der Waals surface area (Å²) in [6.45, 7) is 2.17. The minimum Gasteiger partial charge on any atom is -0.0610 e. The molecule has 0 nitrogen and oxygen atoms in total. The zero-order chi connectivity index (χ0) is 8.84. The van der Waals surface area contributed by atoms with Crippen LogP contribution in [0.1, 0.15) is 16.7 Å². The molecule has 0 bridgehead atoms. The summed E-state index contributed by atoms with van der Waals surface area (Å²) in [6.07, 6.45) is 4.38. The average Bonchev–Trinajstić information content (AvgIpc) is 2.57. The molecule has 13 heavy (non-hydrogen) atoms. The van der Waals surface area contributed by atoms with Crippen molar-refractivity contribution in [3.05, 3.63) is 47.0 Å². The smallest absolute Gasteiger partial charge is 0.00362 e. The molecular formula is C13H10. The Kier molecular flexibility index (Phi) is 1.18. The van der Waals surface area contributed by atoms with Crippen LogP contribution in [0.3, 0.4) is 0 Å². The summed E-state index contributed by atoms with van der Waals surface area (Å²) in [4.78, 5) is 0. The first-order valence-corrected chi connectivity index (χ1v) is 4.57. The number of hydrogen-bond donors (Lipinski definition) is 0. The first-order valence-electron chi connectivity index (χ1n) is 4.57. The van der Waals surface area contributed by atoms with Crippen LogP contribution in [0.15, 0.2) is 30.3 Å². The predicted octanol–water partition coefficient (Wildman–Crippen LogP) is 3.63. The van der Waals surface area contributed by atoms with E-state index in [4.69, 9.17) is 0 Å². The molecule has 0 radical (unpaired) electrons. The molecule has 0 atom stereocenters. The van der Waals surface area contributed by atoms with Gasteiger partial charge in [-0.1, -0.05) is 42.5 Å². The van der Waals surface area contributed by atoms with Crippen molar-refractivity contribution in [3.8, 4) is 0 Å². The standard InChI is InChI=1S/C13H10/c1-9-5-6-11-8-7-10-3-2-4-12(9)13(10)11/h2-8H,1H3. The van der Waals surface area contributed by atoms with Gasteiger partial charge in [0, 0.05) is 0 Å². The van der Waals surface area contributed by atoms with Gasteiger partial charge in [0.2, 0.25) is 0 Å². The van der Waals surface area contributed by atoms with Gasteiger partial charge in [0.15, 0.2) is 0 Å². The molecule has 0 heteroatoms. The van der Waals surface area contributed by atoms with Crippen molar-refractivity contribution in [2.45, 2.75) is 6.92 Å². The molecule has 0 heterocycles. The minimum atomic E-state index is 1.36. The molecule has 0 aliphatic heterocycles. The molecule has 1 aliphatic rings. The van der Waals surface area contributed by atoms with Gasteiger partial charge >= 0.3 is 0 Å². The maximum atomic E-state index is 2.20. The fourth-order valence-electron chi connectivity index (χ4n) is 2.07. The zero-order valence-corrected chi connectivity index (χ0v) is 7.54. The van der Waals surface area contributed by atoms with Gasteiger partial charge < -0.3 is 0 Å². The fraction of sp³-hybridized carbons (Fsp3) is 0.0769. The number of aryl methyl sites for hydroxylation is 1. The maximum absolute atomic E-state index is 2.20. The molecule has 0 aromatic heterocycles. The molecule has 0 spiro atoms. The molecule has 62 valence electrons. The lowest BCUT2D eigenvalue weighted by Gasteiger charge is -2.04. The van der Waals surface area contributed by atoms with Gasteiger partial charge in [-0.25, -0.2) is 0 Å². The second-order valence-electron chi connectivity index (χ2n) is 3.57. The van der Waals surface area contributed by atoms with E-state index in [1.165, 1.54) is 27.5 Å². The Morgan fingerprint density at radius 1 is 0.846 bits per heavy atom. The van der Waals surface area contributed by atoms with Crippen molar-refractivity contribution in [1.82, 2.24) is 0 Å². The van der Waals surface area contributed by atoms with Crippen molar-refractivity contribution in [2.24, 2.45) is 0 Å². The van der Waals surface area contributed by atoms with Gasteiger partial charge in [-0.3, -0.25) is 0 Å². The third kappa shape index (κ3) is 0.803. The van der Waals surface area contributed by atoms with E-state index in [2.05, 4.69) is 49.4 Å².